The Labute approximate surface area is 227 Å². The Morgan fingerprint density at radius 3 is 2.61 bits per heavy atom. The van der Waals surface area contributed by atoms with Gasteiger partial charge in [0.1, 0.15) is 11.5 Å². The summed E-state index contributed by atoms with van der Waals surface area (Å²) in [5.74, 6) is 1.46. The fourth-order valence-electron chi connectivity index (χ4n) is 6.37. The number of urea groups is 1. The summed E-state index contributed by atoms with van der Waals surface area (Å²) >= 11 is 1.56. The largest absolute Gasteiger partial charge is 0.457 e. The number of para-hydroxylation sites is 1. The lowest BCUT2D eigenvalue weighted by atomic mass is 9.86. The predicted octanol–water partition coefficient (Wildman–Crippen LogP) is 4.23. The zero-order valence-electron chi connectivity index (χ0n) is 21.8. The van der Waals surface area contributed by atoms with Gasteiger partial charge in [0.05, 0.1) is 16.3 Å². The van der Waals surface area contributed by atoms with E-state index in [1.54, 1.807) is 11.8 Å². The molecule has 3 fully saturated rings. The molecule has 200 valence electrons. The monoisotopic (exact) mass is 533 g/mol. The highest BCUT2D eigenvalue weighted by Crippen LogP contribution is 2.48. The van der Waals surface area contributed by atoms with Gasteiger partial charge in [-0.25, -0.2) is 4.79 Å². The molecule has 0 radical (unpaired) electrons. The Morgan fingerprint density at radius 1 is 1.05 bits per heavy atom. The number of aryl methyl sites for hydroxylation is 1. The Morgan fingerprint density at radius 2 is 1.84 bits per heavy atom. The molecule has 3 aliphatic heterocycles. The van der Waals surface area contributed by atoms with E-state index in [2.05, 4.69) is 21.3 Å². The molecule has 8 nitrogen and oxygen atoms in total. The molecule has 3 heterocycles. The van der Waals surface area contributed by atoms with E-state index in [1.807, 2.05) is 67.4 Å². The number of hydrogen-bond donors (Lipinski definition) is 4. The van der Waals surface area contributed by atoms with Crippen LogP contribution in [-0.4, -0.2) is 49.0 Å². The van der Waals surface area contributed by atoms with Crippen molar-refractivity contribution in [1.29, 1.82) is 0 Å². The van der Waals surface area contributed by atoms with Crippen molar-refractivity contribution < 1.29 is 14.3 Å². The highest BCUT2D eigenvalue weighted by molar-refractivity contribution is 8.04. The van der Waals surface area contributed by atoms with Gasteiger partial charge >= 0.3 is 6.03 Å². The van der Waals surface area contributed by atoms with E-state index >= 15 is 0 Å². The fraction of sp³-hybridized carbons (Fsp3) is 0.448. The topological polar surface area (TPSA) is 94.7 Å². The van der Waals surface area contributed by atoms with Crippen LogP contribution in [0.2, 0.25) is 0 Å². The lowest BCUT2D eigenvalue weighted by molar-refractivity contribution is -0.117. The van der Waals surface area contributed by atoms with Crippen molar-refractivity contribution in [2.24, 2.45) is 5.92 Å². The second-order valence-corrected chi connectivity index (χ2v) is 11.7. The number of benzene rings is 2. The van der Waals surface area contributed by atoms with Crippen molar-refractivity contribution in [1.82, 2.24) is 21.3 Å². The molecule has 0 bridgehead atoms. The molecule has 6 rings (SSSR count). The molecule has 38 heavy (non-hydrogen) atoms. The highest BCUT2D eigenvalue weighted by Gasteiger charge is 2.52. The Bertz CT molecular complexity index is 1250. The van der Waals surface area contributed by atoms with Crippen LogP contribution < -0.4 is 30.9 Å². The van der Waals surface area contributed by atoms with E-state index in [0.29, 0.717) is 4.91 Å². The average molecular weight is 534 g/mol. The maximum Gasteiger partial charge on any atom is 0.326 e. The van der Waals surface area contributed by atoms with Crippen molar-refractivity contribution in [2.75, 3.05) is 18.5 Å². The SMILES string of the molecule is CNC1CCCCC1NC(=O)C1=C2NC(=O)N(c3ccc(Oc4ccccc4)cc3C)C3CCNC(S1)C23. The zero-order chi connectivity index (χ0) is 26.2. The van der Waals surface area contributed by atoms with Crippen LogP contribution in [0.3, 0.4) is 0 Å². The van der Waals surface area contributed by atoms with E-state index in [9.17, 15) is 9.59 Å². The third-order valence-corrected chi connectivity index (χ3v) is 9.56. The predicted molar refractivity (Wildman–Crippen MR) is 150 cm³/mol. The summed E-state index contributed by atoms with van der Waals surface area (Å²) in [5, 5.41) is 13.4. The third kappa shape index (κ3) is 4.67. The first-order valence-electron chi connectivity index (χ1n) is 13.6. The zero-order valence-corrected chi connectivity index (χ0v) is 22.6. The van der Waals surface area contributed by atoms with Crippen LogP contribution in [0.5, 0.6) is 11.5 Å². The summed E-state index contributed by atoms with van der Waals surface area (Å²) in [4.78, 5) is 29.6. The minimum Gasteiger partial charge on any atom is -0.457 e. The van der Waals surface area contributed by atoms with Gasteiger partial charge < -0.3 is 26.0 Å². The third-order valence-electron chi connectivity index (χ3n) is 8.21. The number of carbonyl (C=O) groups excluding carboxylic acids is 2. The number of likely N-dealkylation sites (N-methyl/N-ethyl adjacent to an activating group) is 1. The van der Waals surface area contributed by atoms with E-state index in [1.165, 1.54) is 6.42 Å². The molecule has 4 aliphatic rings. The number of piperidine rings is 1. The van der Waals surface area contributed by atoms with Gasteiger partial charge in [0.2, 0.25) is 0 Å². The number of nitrogens with one attached hydrogen (secondary N) is 4. The van der Waals surface area contributed by atoms with E-state index in [-0.39, 0.29) is 41.4 Å². The molecule has 1 saturated carbocycles. The van der Waals surface area contributed by atoms with Crippen molar-refractivity contribution >= 4 is 29.4 Å². The van der Waals surface area contributed by atoms with Crippen LogP contribution in [0.25, 0.3) is 0 Å². The van der Waals surface area contributed by atoms with E-state index in [4.69, 9.17) is 4.74 Å². The van der Waals surface area contributed by atoms with Gasteiger partial charge in [0.15, 0.2) is 0 Å². The fourth-order valence-corrected chi connectivity index (χ4v) is 7.77. The summed E-state index contributed by atoms with van der Waals surface area (Å²) < 4.78 is 6.01. The normalized spacial score (nSPS) is 28.5. The van der Waals surface area contributed by atoms with Gasteiger partial charge in [-0.2, -0.15) is 0 Å². The first-order chi connectivity index (χ1) is 18.5. The standard InChI is InChI=1S/C29H35N5O3S/c1-17-16-19(37-18-8-4-3-5-9-18)12-13-22(17)34-23-14-15-31-28-24(23)25(33-29(34)36)26(38-28)27(35)32-21-11-7-6-10-20(21)30-2/h3-5,8-9,12-13,16,20-21,23-24,28,30-31H,6-7,10-11,14-15H2,1-2H3,(H,32,35)(H,33,36). The van der Waals surface area contributed by atoms with Crippen molar-refractivity contribution in [3.63, 3.8) is 0 Å². The van der Waals surface area contributed by atoms with Gasteiger partial charge in [-0.15, -0.1) is 0 Å². The molecular formula is C29H35N5O3S. The minimum absolute atomic E-state index is 0.0258. The molecular weight excluding hydrogens is 498 g/mol. The number of nitrogens with zero attached hydrogens (tertiary/aromatic N) is 1. The van der Waals surface area contributed by atoms with Crippen LogP contribution in [0.1, 0.15) is 37.7 Å². The number of hydrogen-bond acceptors (Lipinski definition) is 6. The second-order valence-electron chi connectivity index (χ2n) is 10.5. The van der Waals surface area contributed by atoms with Gasteiger partial charge in [0.25, 0.3) is 5.91 Å². The number of thioether (sulfide) groups is 1. The quantitative estimate of drug-likeness (QED) is 0.444. The Kier molecular flexibility index (Phi) is 7.07. The molecule has 4 N–H and O–H groups in total. The Hall–Kier alpha value is -3.01. The molecule has 5 unspecified atom stereocenters. The van der Waals surface area contributed by atoms with Crippen LogP contribution in [0.15, 0.2) is 59.1 Å². The summed E-state index contributed by atoms with van der Waals surface area (Å²) in [6, 6.07) is 15.7. The van der Waals surface area contributed by atoms with Crippen LogP contribution >= 0.6 is 11.8 Å². The molecule has 2 saturated heterocycles. The van der Waals surface area contributed by atoms with Crippen LogP contribution in [0, 0.1) is 12.8 Å². The second kappa shape index (κ2) is 10.6. The molecule has 0 spiro atoms. The molecule has 1 aliphatic carbocycles. The number of amides is 3. The van der Waals surface area contributed by atoms with Crippen molar-refractivity contribution in [3.05, 3.63) is 64.7 Å². The smallest absolute Gasteiger partial charge is 0.326 e. The number of ether oxygens (including phenoxy) is 1. The minimum atomic E-state index is -0.180. The van der Waals surface area contributed by atoms with E-state index in [0.717, 1.165) is 60.7 Å². The molecule has 5 atom stereocenters. The summed E-state index contributed by atoms with van der Waals surface area (Å²) in [6.45, 7) is 2.80. The van der Waals surface area contributed by atoms with Gasteiger partial charge in [-0.1, -0.05) is 42.8 Å². The molecule has 2 aromatic carbocycles. The summed E-state index contributed by atoms with van der Waals surface area (Å²) in [5.41, 5.74) is 2.61. The number of anilines is 1. The highest BCUT2D eigenvalue weighted by atomic mass is 32.2. The van der Waals surface area contributed by atoms with E-state index < -0.39 is 0 Å². The van der Waals surface area contributed by atoms with Crippen molar-refractivity contribution in [2.45, 2.75) is 62.5 Å². The van der Waals surface area contributed by atoms with Gasteiger partial charge in [-0.05, 0) is 75.7 Å². The first kappa shape index (κ1) is 25.3. The number of rotatable bonds is 6. The number of carbonyl (C=O) groups is 2. The molecule has 2 aromatic rings. The maximum atomic E-state index is 13.6. The summed E-state index contributed by atoms with van der Waals surface area (Å²) in [6.07, 6.45) is 5.16. The molecule has 3 amide bonds. The maximum absolute atomic E-state index is 13.6. The van der Waals surface area contributed by atoms with Crippen molar-refractivity contribution in [3.8, 4) is 11.5 Å². The van der Waals surface area contributed by atoms with Crippen LogP contribution in [0.4, 0.5) is 10.5 Å². The Balaban J connectivity index is 1.25. The first-order valence-corrected chi connectivity index (χ1v) is 14.5. The van der Waals surface area contributed by atoms with Gasteiger partial charge in [0, 0.05) is 29.4 Å². The van der Waals surface area contributed by atoms with Crippen LogP contribution in [-0.2, 0) is 4.79 Å². The average Bonchev–Trinajstić information content (AvgIpc) is 3.30. The lowest BCUT2D eigenvalue weighted by Crippen LogP contribution is -2.62. The van der Waals surface area contributed by atoms with Gasteiger partial charge in [-0.3, -0.25) is 9.69 Å². The lowest BCUT2D eigenvalue weighted by Gasteiger charge is -2.46. The molecule has 9 heteroatoms. The molecule has 0 aromatic heterocycles. The summed E-state index contributed by atoms with van der Waals surface area (Å²) in [7, 11) is 1.96.